The van der Waals surface area contributed by atoms with Crippen molar-refractivity contribution in [2.75, 3.05) is 20.3 Å². The van der Waals surface area contributed by atoms with Gasteiger partial charge in [0.2, 0.25) is 0 Å². The molecular weight excluding hydrogens is 238 g/mol. The lowest BCUT2D eigenvalue weighted by atomic mass is 9.93. The zero-order chi connectivity index (χ0) is 14.3. The summed E-state index contributed by atoms with van der Waals surface area (Å²) >= 11 is 0. The molecule has 108 valence electrons. The number of ether oxygens (including phenoxy) is 2. The monoisotopic (exact) mass is 265 g/mol. The van der Waals surface area contributed by atoms with Crippen molar-refractivity contribution in [2.45, 2.75) is 39.8 Å². The molecule has 0 spiro atoms. The van der Waals surface area contributed by atoms with Crippen LogP contribution in [0.15, 0.2) is 24.3 Å². The summed E-state index contributed by atoms with van der Waals surface area (Å²) in [6.07, 6.45) is 0.164. The molecule has 0 heterocycles. The summed E-state index contributed by atoms with van der Waals surface area (Å²) in [5, 5.41) is 3.54. The minimum Gasteiger partial charge on any atom is -0.497 e. The maximum atomic E-state index is 5.94. The molecule has 0 saturated carbocycles. The van der Waals surface area contributed by atoms with E-state index in [0.717, 1.165) is 18.9 Å². The standard InChI is InChI=1S/C16H27NO2/c1-6-17-15(16(12(3)4)19-7-2)13-9-8-10-14(11-13)18-5/h8-12,15-17H,6-7H2,1-5H3. The maximum absolute atomic E-state index is 5.94. The van der Waals surface area contributed by atoms with E-state index in [4.69, 9.17) is 9.47 Å². The summed E-state index contributed by atoms with van der Waals surface area (Å²) in [6, 6.07) is 8.41. The van der Waals surface area contributed by atoms with Crippen molar-refractivity contribution in [1.29, 1.82) is 0 Å². The first-order valence-corrected chi connectivity index (χ1v) is 7.12. The van der Waals surface area contributed by atoms with Crippen LogP contribution in [0.1, 0.15) is 39.3 Å². The molecule has 2 atom stereocenters. The van der Waals surface area contributed by atoms with Crippen LogP contribution < -0.4 is 10.1 Å². The summed E-state index contributed by atoms with van der Waals surface area (Å²) in [7, 11) is 1.70. The van der Waals surface area contributed by atoms with Gasteiger partial charge in [-0.2, -0.15) is 0 Å². The fourth-order valence-corrected chi connectivity index (χ4v) is 2.34. The molecule has 0 aliphatic rings. The molecule has 3 nitrogen and oxygen atoms in total. The molecule has 0 fully saturated rings. The zero-order valence-corrected chi connectivity index (χ0v) is 12.8. The third-order valence-corrected chi connectivity index (χ3v) is 3.22. The predicted octanol–water partition coefficient (Wildman–Crippen LogP) is 3.41. The van der Waals surface area contributed by atoms with Crippen molar-refractivity contribution in [1.82, 2.24) is 5.32 Å². The van der Waals surface area contributed by atoms with E-state index >= 15 is 0 Å². The van der Waals surface area contributed by atoms with Crippen molar-refractivity contribution in [3.63, 3.8) is 0 Å². The Balaban J connectivity index is 3.02. The van der Waals surface area contributed by atoms with Gasteiger partial charge in [0.05, 0.1) is 19.3 Å². The van der Waals surface area contributed by atoms with Gasteiger partial charge in [0.25, 0.3) is 0 Å². The lowest BCUT2D eigenvalue weighted by Gasteiger charge is -2.31. The second-order valence-electron chi connectivity index (χ2n) is 4.98. The van der Waals surface area contributed by atoms with E-state index < -0.39 is 0 Å². The summed E-state index contributed by atoms with van der Waals surface area (Å²) in [4.78, 5) is 0. The molecule has 1 aromatic carbocycles. The van der Waals surface area contributed by atoms with Crippen LogP contribution in [-0.2, 0) is 4.74 Å². The van der Waals surface area contributed by atoms with E-state index in [1.807, 2.05) is 19.1 Å². The van der Waals surface area contributed by atoms with E-state index in [0.29, 0.717) is 5.92 Å². The molecule has 19 heavy (non-hydrogen) atoms. The zero-order valence-electron chi connectivity index (χ0n) is 12.8. The highest BCUT2D eigenvalue weighted by Gasteiger charge is 2.26. The quantitative estimate of drug-likeness (QED) is 0.781. The lowest BCUT2D eigenvalue weighted by molar-refractivity contribution is 0.00314. The second-order valence-corrected chi connectivity index (χ2v) is 4.98. The smallest absolute Gasteiger partial charge is 0.119 e. The molecule has 0 aliphatic carbocycles. The van der Waals surface area contributed by atoms with Crippen molar-refractivity contribution >= 4 is 0 Å². The van der Waals surface area contributed by atoms with Gasteiger partial charge in [-0.05, 0) is 37.1 Å². The predicted molar refractivity (Wildman–Crippen MR) is 79.7 cm³/mol. The number of rotatable bonds is 8. The Morgan fingerprint density at radius 2 is 1.95 bits per heavy atom. The molecule has 3 heteroatoms. The topological polar surface area (TPSA) is 30.5 Å². The fourth-order valence-electron chi connectivity index (χ4n) is 2.34. The number of hydrogen-bond donors (Lipinski definition) is 1. The van der Waals surface area contributed by atoms with Crippen LogP contribution in [0.4, 0.5) is 0 Å². The highest BCUT2D eigenvalue weighted by molar-refractivity contribution is 5.31. The van der Waals surface area contributed by atoms with Gasteiger partial charge in [0.15, 0.2) is 0 Å². The van der Waals surface area contributed by atoms with E-state index in [1.54, 1.807) is 7.11 Å². The molecule has 0 radical (unpaired) electrons. The van der Waals surface area contributed by atoms with Crippen LogP contribution in [0.25, 0.3) is 0 Å². The normalized spacial score (nSPS) is 14.4. The molecular formula is C16H27NO2. The minimum atomic E-state index is 0.164. The number of nitrogens with one attached hydrogen (secondary N) is 1. The van der Waals surface area contributed by atoms with Crippen LogP contribution >= 0.6 is 0 Å². The number of likely N-dealkylation sites (N-methyl/N-ethyl adjacent to an activating group) is 1. The van der Waals surface area contributed by atoms with Crippen LogP contribution in [0.2, 0.25) is 0 Å². The maximum Gasteiger partial charge on any atom is 0.119 e. The van der Waals surface area contributed by atoms with Gasteiger partial charge in [-0.1, -0.05) is 32.9 Å². The van der Waals surface area contributed by atoms with Gasteiger partial charge < -0.3 is 14.8 Å². The van der Waals surface area contributed by atoms with Crippen molar-refractivity contribution in [3.05, 3.63) is 29.8 Å². The Morgan fingerprint density at radius 3 is 2.47 bits per heavy atom. The van der Waals surface area contributed by atoms with Gasteiger partial charge in [-0.15, -0.1) is 0 Å². The second kappa shape index (κ2) is 8.18. The number of hydrogen-bond acceptors (Lipinski definition) is 3. The highest BCUT2D eigenvalue weighted by Crippen LogP contribution is 2.27. The number of benzene rings is 1. The number of methoxy groups -OCH3 is 1. The largest absolute Gasteiger partial charge is 0.497 e. The van der Waals surface area contributed by atoms with E-state index in [9.17, 15) is 0 Å². The van der Waals surface area contributed by atoms with Crippen molar-refractivity contribution in [2.24, 2.45) is 5.92 Å². The molecule has 0 bridgehead atoms. The first-order chi connectivity index (χ1) is 9.13. The Kier molecular flexibility index (Phi) is 6.89. The third-order valence-electron chi connectivity index (χ3n) is 3.22. The Morgan fingerprint density at radius 1 is 1.21 bits per heavy atom. The Bertz CT molecular complexity index is 366. The summed E-state index contributed by atoms with van der Waals surface area (Å²) in [5.41, 5.74) is 1.22. The summed E-state index contributed by atoms with van der Waals surface area (Å²) in [6.45, 7) is 10.2. The minimum absolute atomic E-state index is 0.164. The van der Waals surface area contributed by atoms with E-state index in [2.05, 4.69) is 38.2 Å². The molecule has 2 unspecified atom stereocenters. The molecule has 1 rings (SSSR count). The van der Waals surface area contributed by atoms with Gasteiger partial charge >= 0.3 is 0 Å². The Labute approximate surface area is 117 Å². The highest BCUT2D eigenvalue weighted by atomic mass is 16.5. The fraction of sp³-hybridized carbons (Fsp3) is 0.625. The molecule has 0 aliphatic heterocycles. The first-order valence-electron chi connectivity index (χ1n) is 7.12. The lowest BCUT2D eigenvalue weighted by Crippen LogP contribution is -2.37. The first kappa shape index (κ1) is 16.0. The van der Waals surface area contributed by atoms with Gasteiger partial charge in [0.1, 0.15) is 5.75 Å². The molecule has 0 saturated heterocycles. The van der Waals surface area contributed by atoms with Crippen LogP contribution in [-0.4, -0.2) is 26.4 Å². The van der Waals surface area contributed by atoms with Gasteiger partial charge in [-0.25, -0.2) is 0 Å². The van der Waals surface area contributed by atoms with Crippen LogP contribution in [0, 0.1) is 5.92 Å². The van der Waals surface area contributed by atoms with Crippen LogP contribution in [0.3, 0.4) is 0 Å². The van der Waals surface area contributed by atoms with Crippen molar-refractivity contribution < 1.29 is 9.47 Å². The van der Waals surface area contributed by atoms with E-state index in [1.165, 1.54) is 5.56 Å². The summed E-state index contributed by atoms with van der Waals surface area (Å²) in [5.74, 6) is 1.34. The van der Waals surface area contributed by atoms with Gasteiger partial charge in [-0.3, -0.25) is 0 Å². The molecule has 0 amide bonds. The Hall–Kier alpha value is -1.06. The average Bonchev–Trinajstić information content (AvgIpc) is 2.42. The third kappa shape index (κ3) is 4.51. The van der Waals surface area contributed by atoms with Gasteiger partial charge in [0, 0.05) is 6.61 Å². The SMILES string of the molecule is CCNC(c1cccc(OC)c1)C(OCC)C(C)C. The van der Waals surface area contributed by atoms with E-state index in [-0.39, 0.29) is 12.1 Å². The average molecular weight is 265 g/mol. The molecule has 1 N–H and O–H groups in total. The van der Waals surface area contributed by atoms with Crippen molar-refractivity contribution in [3.8, 4) is 5.75 Å². The molecule has 0 aromatic heterocycles. The summed E-state index contributed by atoms with van der Waals surface area (Å²) < 4.78 is 11.3. The molecule has 1 aromatic rings. The van der Waals surface area contributed by atoms with Crippen LogP contribution in [0.5, 0.6) is 5.75 Å².